The van der Waals surface area contributed by atoms with E-state index in [0.29, 0.717) is 39.2 Å². The number of piperazine rings is 1. The topological polar surface area (TPSA) is 76.4 Å². The number of rotatable bonds is 6. The maximum Gasteiger partial charge on any atom is 0.409 e. The maximum absolute atomic E-state index is 13.4. The summed E-state index contributed by atoms with van der Waals surface area (Å²) in [5, 5.41) is 0. The first-order valence-corrected chi connectivity index (χ1v) is 11.3. The van der Waals surface area contributed by atoms with Gasteiger partial charge in [-0.05, 0) is 43.2 Å². The average molecular weight is 451 g/mol. The van der Waals surface area contributed by atoms with Crippen molar-refractivity contribution in [2.75, 3.05) is 39.9 Å². The fourth-order valence-electron chi connectivity index (χ4n) is 4.34. The minimum absolute atomic E-state index is 0.0499. The van der Waals surface area contributed by atoms with Crippen LogP contribution in [0.2, 0.25) is 0 Å². The molecule has 4 rings (SSSR count). The van der Waals surface area contributed by atoms with Gasteiger partial charge in [0, 0.05) is 50.9 Å². The summed E-state index contributed by atoms with van der Waals surface area (Å²) in [4.78, 5) is 33.5. The first kappa shape index (κ1) is 22.6. The molecule has 174 valence electrons. The molecule has 3 aromatic rings. The third-order valence-electron chi connectivity index (χ3n) is 6.15. The predicted octanol–water partition coefficient (Wildman–Crippen LogP) is 3.47. The van der Waals surface area contributed by atoms with Crippen LogP contribution < -0.4 is 4.74 Å². The Labute approximate surface area is 193 Å². The SMILES string of the molecule is CCOC(=O)N1CCN(C(=O)CC(c2cccc(OC)c2)c2cnc3c(C)cccn23)CC1. The molecule has 1 aliphatic heterocycles. The van der Waals surface area contributed by atoms with Crippen LogP contribution in [0.25, 0.3) is 5.65 Å². The van der Waals surface area contributed by atoms with E-state index < -0.39 is 0 Å². The molecule has 1 aromatic carbocycles. The number of fused-ring (bicyclic) bond motifs is 1. The Balaban J connectivity index is 1.59. The molecule has 8 nitrogen and oxygen atoms in total. The molecule has 3 heterocycles. The maximum atomic E-state index is 13.4. The van der Waals surface area contributed by atoms with E-state index in [-0.39, 0.29) is 17.9 Å². The lowest BCUT2D eigenvalue weighted by Gasteiger charge is -2.34. The number of pyridine rings is 1. The molecular formula is C25H30N4O4. The summed E-state index contributed by atoms with van der Waals surface area (Å²) in [5.74, 6) is 0.611. The van der Waals surface area contributed by atoms with Gasteiger partial charge in [0.1, 0.15) is 11.4 Å². The van der Waals surface area contributed by atoms with Crippen molar-refractivity contribution in [2.24, 2.45) is 0 Å². The van der Waals surface area contributed by atoms with Crippen LogP contribution in [0.4, 0.5) is 4.79 Å². The number of amides is 2. The molecule has 2 amide bonds. The summed E-state index contributed by atoms with van der Waals surface area (Å²) in [5.41, 5.74) is 3.92. The summed E-state index contributed by atoms with van der Waals surface area (Å²) in [7, 11) is 1.64. The van der Waals surface area contributed by atoms with E-state index >= 15 is 0 Å². The van der Waals surface area contributed by atoms with Gasteiger partial charge in [0.25, 0.3) is 0 Å². The van der Waals surface area contributed by atoms with Gasteiger partial charge < -0.3 is 23.7 Å². The van der Waals surface area contributed by atoms with Crippen molar-refractivity contribution < 1.29 is 19.1 Å². The molecule has 1 unspecified atom stereocenters. The standard InChI is InChI=1S/C25H30N4O4/c1-4-33-25(31)28-13-11-27(12-14-28)23(30)16-21(19-8-5-9-20(15-19)32-3)22-17-26-24-18(2)7-6-10-29(22)24/h5-10,15,17,21H,4,11-14,16H2,1-3H3. The van der Waals surface area contributed by atoms with Crippen molar-refractivity contribution in [3.8, 4) is 5.75 Å². The van der Waals surface area contributed by atoms with E-state index in [9.17, 15) is 9.59 Å². The number of methoxy groups -OCH3 is 1. The third kappa shape index (κ3) is 4.79. The highest BCUT2D eigenvalue weighted by Gasteiger charge is 2.29. The van der Waals surface area contributed by atoms with Gasteiger partial charge in [-0.1, -0.05) is 18.2 Å². The summed E-state index contributed by atoms with van der Waals surface area (Å²) in [6.07, 6.45) is 3.83. The number of benzene rings is 1. The number of carbonyl (C=O) groups excluding carboxylic acids is 2. The van der Waals surface area contributed by atoms with Crippen molar-refractivity contribution in [3.63, 3.8) is 0 Å². The Morgan fingerprint density at radius 1 is 1.09 bits per heavy atom. The molecule has 8 heteroatoms. The van der Waals surface area contributed by atoms with Crippen molar-refractivity contribution in [3.05, 3.63) is 65.6 Å². The van der Waals surface area contributed by atoms with Crippen molar-refractivity contribution in [2.45, 2.75) is 26.2 Å². The Morgan fingerprint density at radius 3 is 2.58 bits per heavy atom. The van der Waals surface area contributed by atoms with Crippen LogP contribution in [0.1, 0.15) is 36.1 Å². The number of ether oxygens (including phenoxy) is 2. The normalized spacial score (nSPS) is 14.9. The number of aryl methyl sites for hydroxylation is 1. The van der Waals surface area contributed by atoms with Gasteiger partial charge in [-0.3, -0.25) is 4.79 Å². The first-order valence-electron chi connectivity index (χ1n) is 11.3. The summed E-state index contributed by atoms with van der Waals surface area (Å²) in [6.45, 7) is 6.10. The number of nitrogens with zero attached hydrogens (tertiary/aromatic N) is 4. The Morgan fingerprint density at radius 2 is 1.85 bits per heavy atom. The lowest BCUT2D eigenvalue weighted by atomic mass is 9.91. The minimum Gasteiger partial charge on any atom is -0.497 e. The quantitative estimate of drug-likeness (QED) is 0.575. The van der Waals surface area contributed by atoms with E-state index in [2.05, 4.69) is 9.38 Å². The van der Waals surface area contributed by atoms with Gasteiger partial charge in [0.2, 0.25) is 5.91 Å². The fraction of sp³-hybridized carbons (Fsp3) is 0.400. The third-order valence-corrected chi connectivity index (χ3v) is 6.15. The van der Waals surface area contributed by atoms with E-state index in [4.69, 9.17) is 9.47 Å². The second-order valence-corrected chi connectivity index (χ2v) is 8.17. The van der Waals surface area contributed by atoms with E-state index in [1.54, 1.807) is 18.9 Å². The number of aromatic nitrogens is 2. The monoisotopic (exact) mass is 450 g/mol. The second-order valence-electron chi connectivity index (χ2n) is 8.17. The second kappa shape index (κ2) is 9.94. The molecule has 0 saturated carbocycles. The minimum atomic E-state index is -0.319. The number of imidazole rings is 1. The molecule has 2 aromatic heterocycles. The van der Waals surface area contributed by atoms with Gasteiger partial charge in [0.05, 0.1) is 19.4 Å². The van der Waals surface area contributed by atoms with E-state index in [1.165, 1.54) is 0 Å². The summed E-state index contributed by atoms with van der Waals surface area (Å²) in [6, 6.07) is 11.9. The Bertz CT molecular complexity index is 1130. The van der Waals surface area contributed by atoms with Gasteiger partial charge in [-0.2, -0.15) is 0 Å². The molecule has 1 saturated heterocycles. The highest BCUT2D eigenvalue weighted by molar-refractivity contribution is 5.78. The summed E-state index contributed by atoms with van der Waals surface area (Å²) < 4.78 is 12.6. The zero-order valence-electron chi connectivity index (χ0n) is 19.4. The smallest absolute Gasteiger partial charge is 0.409 e. The molecular weight excluding hydrogens is 420 g/mol. The van der Waals surface area contributed by atoms with Crippen molar-refractivity contribution >= 4 is 17.6 Å². The zero-order valence-corrected chi connectivity index (χ0v) is 19.4. The van der Waals surface area contributed by atoms with Crippen LogP contribution >= 0.6 is 0 Å². The highest BCUT2D eigenvalue weighted by atomic mass is 16.6. The van der Waals surface area contributed by atoms with Crippen molar-refractivity contribution in [1.29, 1.82) is 0 Å². The van der Waals surface area contributed by atoms with Gasteiger partial charge >= 0.3 is 6.09 Å². The van der Waals surface area contributed by atoms with Crippen molar-refractivity contribution in [1.82, 2.24) is 19.2 Å². The van der Waals surface area contributed by atoms with Crippen LogP contribution in [0.3, 0.4) is 0 Å². The molecule has 0 aliphatic carbocycles. The highest BCUT2D eigenvalue weighted by Crippen LogP contribution is 2.32. The van der Waals surface area contributed by atoms with Crippen LogP contribution in [0.15, 0.2) is 48.8 Å². The molecule has 0 bridgehead atoms. The van der Waals surface area contributed by atoms with E-state index in [1.807, 2.05) is 60.6 Å². The Hall–Kier alpha value is -3.55. The number of hydrogen-bond acceptors (Lipinski definition) is 5. The first-order chi connectivity index (χ1) is 16.0. The van der Waals surface area contributed by atoms with Gasteiger partial charge in [-0.25, -0.2) is 9.78 Å². The van der Waals surface area contributed by atoms with Crippen LogP contribution in [-0.4, -0.2) is 71.1 Å². The summed E-state index contributed by atoms with van der Waals surface area (Å²) >= 11 is 0. The molecule has 33 heavy (non-hydrogen) atoms. The molecule has 1 fully saturated rings. The molecule has 0 radical (unpaired) electrons. The lowest BCUT2D eigenvalue weighted by Crippen LogP contribution is -2.51. The fourth-order valence-corrected chi connectivity index (χ4v) is 4.34. The predicted molar refractivity (Wildman–Crippen MR) is 125 cm³/mol. The van der Waals surface area contributed by atoms with Crippen LogP contribution in [-0.2, 0) is 9.53 Å². The van der Waals surface area contributed by atoms with Crippen LogP contribution in [0.5, 0.6) is 5.75 Å². The average Bonchev–Trinajstić information content (AvgIpc) is 3.28. The number of carbonyl (C=O) groups is 2. The molecule has 0 spiro atoms. The van der Waals surface area contributed by atoms with Gasteiger partial charge in [0.15, 0.2) is 0 Å². The van der Waals surface area contributed by atoms with E-state index in [0.717, 1.165) is 28.2 Å². The largest absolute Gasteiger partial charge is 0.497 e. The van der Waals surface area contributed by atoms with Gasteiger partial charge in [-0.15, -0.1) is 0 Å². The molecule has 0 N–H and O–H groups in total. The number of hydrogen-bond donors (Lipinski definition) is 0. The lowest BCUT2D eigenvalue weighted by molar-refractivity contribution is -0.133. The van der Waals surface area contributed by atoms with Crippen LogP contribution in [0, 0.1) is 6.92 Å². The molecule has 1 aliphatic rings. The zero-order chi connectivity index (χ0) is 23.4. The Kier molecular flexibility index (Phi) is 6.82. The molecule has 1 atom stereocenters.